The molecule has 4 unspecified atom stereocenters. The van der Waals surface area contributed by atoms with Crippen molar-refractivity contribution in [1.29, 1.82) is 0 Å². The second-order valence-corrected chi connectivity index (χ2v) is 7.48. The third-order valence-corrected chi connectivity index (χ3v) is 5.67. The molecule has 0 spiro atoms. The van der Waals surface area contributed by atoms with Crippen molar-refractivity contribution >= 4 is 6.29 Å². The molecule has 4 atom stereocenters. The maximum Gasteiger partial charge on any atom is 0.123 e. The predicted molar refractivity (Wildman–Crippen MR) is 71.8 cm³/mol. The van der Waals surface area contributed by atoms with Crippen molar-refractivity contribution in [3.8, 4) is 0 Å². The Morgan fingerprint density at radius 2 is 2.00 bits per heavy atom. The van der Waals surface area contributed by atoms with Crippen LogP contribution in [-0.2, 0) is 4.79 Å². The number of hydrogen-bond donors (Lipinski definition) is 0. The Bertz CT molecular complexity index is 294. The molecular weight excluding hydrogens is 208 g/mol. The van der Waals surface area contributed by atoms with Crippen LogP contribution in [0.3, 0.4) is 0 Å². The van der Waals surface area contributed by atoms with Gasteiger partial charge in [-0.1, -0.05) is 34.1 Å². The van der Waals surface area contributed by atoms with Crippen LogP contribution in [0, 0.1) is 28.6 Å². The summed E-state index contributed by atoms with van der Waals surface area (Å²) in [7, 11) is 0. The van der Waals surface area contributed by atoms with Crippen LogP contribution in [0.25, 0.3) is 0 Å². The van der Waals surface area contributed by atoms with E-state index >= 15 is 0 Å². The maximum atomic E-state index is 11.1. The lowest BCUT2D eigenvalue weighted by atomic mass is 9.70. The lowest BCUT2D eigenvalue weighted by Crippen LogP contribution is -2.25. The molecule has 17 heavy (non-hydrogen) atoms. The van der Waals surface area contributed by atoms with E-state index in [1.54, 1.807) is 0 Å². The van der Waals surface area contributed by atoms with E-state index in [2.05, 4.69) is 27.7 Å². The van der Waals surface area contributed by atoms with Gasteiger partial charge in [-0.3, -0.25) is 0 Å². The minimum absolute atomic E-state index is 0.309. The summed E-state index contributed by atoms with van der Waals surface area (Å²) < 4.78 is 0. The highest BCUT2D eigenvalue weighted by atomic mass is 16.1. The predicted octanol–water partition coefficient (Wildman–Crippen LogP) is 4.45. The van der Waals surface area contributed by atoms with Gasteiger partial charge < -0.3 is 4.79 Å². The monoisotopic (exact) mass is 236 g/mol. The van der Waals surface area contributed by atoms with Crippen LogP contribution in [0.15, 0.2) is 0 Å². The summed E-state index contributed by atoms with van der Waals surface area (Å²) in [4.78, 5) is 11.1. The van der Waals surface area contributed by atoms with Crippen molar-refractivity contribution in [2.75, 3.05) is 0 Å². The number of rotatable bonds is 5. The SMILES string of the molecule is CCCC(C=O)CC1(C)CCC2C(C1)C2(C)C. The van der Waals surface area contributed by atoms with Crippen LogP contribution in [0.1, 0.15) is 66.2 Å². The average Bonchev–Trinajstić information content (AvgIpc) is 2.79. The zero-order valence-corrected chi connectivity index (χ0v) is 12.0. The molecule has 2 rings (SSSR count). The largest absolute Gasteiger partial charge is 0.303 e. The van der Waals surface area contributed by atoms with Gasteiger partial charge >= 0.3 is 0 Å². The molecule has 2 aliphatic carbocycles. The van der Waals surface area contributed by atoms with Crippen molar-refractivity contribution in [2.45, 2.75) is 66.2 Å². The molecule has 0 heterocycles. The Balaban J connectivity index is 1.94. The van der Waals surface area contributed by atoms with Gasteiger partial charge in [0.15, 0.2) is 0 Å². The molecule has 2 saturated carbocycles. The van der Waals surface area contributed by atoms with Gasteiger partial charge in [0.05, 0.1) is 0 Å². The summed E-state index contributed by atoms with van der Waals surface area (Å²) in [6.07, 6.45) is 8.65. The van der Waals surface area contributed by atoms with Crippen molar-refractivity contribution < 1.29 is 4.79 Å². The fourth-order valence-electron chi connectivity index (χ4n) is 4.38. The number of aldehydes is 1. The number of fused-ring (bicyclic) bond motifs is 1. The molecule has 98 valence electrons. The first kappa shape index (κ1) is 13.1. The molecule has 1 heteroatoms. The third-order valence-electron chi connectivity index (χ3n) is 5.67. The van der Waals surface area contributed by atoms with Gasteiger partial charge in [-0.2, -0.15) is 0 Å². The Morgan fingerprint density at radius 3 is 2.53 bits per heavy atom. The molecule has 0 aromatic heterocycles. The van der Waals surface area contributed by atoms with Gasteiger partial charge in [-0.25, -0.2) is 0 Å². The minimum Gasteiger partial charge on any atom is -0.303 e. The average molecular weight is 236 g/mol. The van der Waals surface area contributed by atoms with Crippen molar-refractivity contribution in [3.05, 3.63) is 0 Å². The van der Waals surface area contributed by atoms with E-state index < -0.39 is 0 Å². The van der Waals surface area contributed by atoms with E-state index in [0.717, 1.165) is 31.1 Å². The number of carbonyl (C=O) groups is 1. The van der Waals surface area contributed by atoms with Gasteiger partial charge in [0.1, 0.15) is 6.29 Å². The van der Waals surface area contributed by atoms with Crippen LogP contribution in [-0.4, -0.2) is 6.29 Å². The second-order valence-electron chi connectivity index (χ2n) is 7.48. The molecule has 0 saturated heterocycles. The zero-order valence-electron chi connectivity index (χ0n) is 12.0. The molecule has 0 aromatic rings. The Morgan fingerprint density at radius 1 is 1.29 bits per heavy atom. The third kappa shape index (κ3) is 2.44. The van der Waals surface area contributed by atoms with Gasteiger partial charge in [0.2, 0.25) is 0 Å². The highest BCUT2D eigenvalue weighted by Crippen LogP contribution is 2.68. The van der Waals surface area contributed by atoms with Crippen molar-refractivity contribution in [3.63, 3.8) is 0 Å². The fraction of sp³-hybridized carbons (Fsp3) is 0.938. The summed E-state index contributed by atoms with van der Waals surface area (Å²) >= 11 is 0. The van der Waals surface area contributed by atoms with Crippen LogP contribution < -0.4 is 0 Å². The normalized spacial score (nSPS) is 40.5. The minimum atomic E-state index is 0.309. The summed E-state index contributed by atoms with van der Waals surface area (Å²) in [5, 5.41) is 0. The summed E-state index contributed by atoms with van der Waals surface area (Å²) in [5.74, 6) is 2.23. The van der Waals surface area contributed by atoms with E-state index in [1.807, 2.05) is 0 Å². The Labute approximate surface area is 106 Å². The van der Waals surface area contributed by atoms with Gasteiger partial charge in [0, 0.05) is 5.92 Å². The topological polar surface area (TPSA) is 17.1 Å². The standard InChI is InChI=1S/C16H28O/c1-5-6-12(11-17)9-16(4)8-7-13-14(10-16)15(13,2)3/h11-14H,5-10H2,1-4H3. The quantitative estimate of drug-likeness (QED) is 0.644. The van der Waals surface area contributed by atoms with Gasteiger partial charge in [0.25, 0.3) is 0 Å². The molecule has 0 aliphatic heterocycles. The van der Waals surface area contributed by atoms with E-state index in [1.165, 1.54) is 25.5 Å². The fourth-order valence-corrected chi connectivity index (χ4v) is 4.38. The van der Waals surface area contributed by atoms with Crippen LogP contribution >= 0.6 is 0 Å². The van der Waals surface area contributed by atoms with Crippen LogP contribution in [0.5, 0.6) is 0 Å². The molecular formula is C16H28O. The van der Waals surface area contributed by atoms with E-state index in [4.69, 9.17) is 0 Å². The molecule has 2 aliphatic rings. The second kappa shape index (κ2) is 4.40. The Hall–Kier alpha value is -0.330. The van der Waals surface area contributed by atoms with Crippen LogP contribution in [0.4, 0.5) is 0 Å². The van der Waals surface area contributed by atoms with E-state index in [-0.39, 0.29) is 0 Å². The Kier molecular flexibility index (Phi) is 3.40. The maximum absolute atomic E-state index is 11.1. The molecule has 0 radical (unpaired) electrons. The van der Waals surface area contributed by atoms with E-state index in [9.17, 15) is 4.79 Å². The molecule has 0 aromatic carbocycles. The lowest BCUT2D eigenvalue weighted by molar-refractivity contribution is -0.112. The first-order valence-electron chi connectivity index (χ1n) is 7.38. The summed E-state index contributed by atoms with van der Waals surface area (Å²) in [5.41, 5.74) is 1.04. The first-order chi connectivity index (χ1) is 7.93. The zero-order chi connectivity index (χ0) is 12.7. The smallest absolute Gasteiger partial charge is 0.123 e. The first-order valence-corrected chi connectivity index (χ1v) is 7.38. The van der Waals surface area contributed by atoms with Crippen molar-refractivity contribution in [2.24, 2.45) is 28.6 Å². The lowest BCUT2D eigenvalue weighted by Gasteiger charge is -2.35. The molecule has 0 N–H and O–H groups in total. The number of hydrogen-bond acceptors (Lipinski definition) is 1. The highest BCUT2D eigenvalue weighted by molar-refractivity contribution is 5.53. The summed E-state index contributed by atoms with van der Waals surface area (Å²) in [6.45, 7) is 9.46. The van der Waals surface area contributed by atoms with Crippen molar-refractivity contribution in [1.82, 2.24) is 0 Å². The van der Waals surface area contributed by atoms with Crippen LogP contribution in [0.2, 0.25) is 0 Å². The molecule has 1 nitrogen and oxygen atoms in total. The molecule has 0 bridgehead atoms. The molecule has 0 amide bonds. The van der Waals surface area contributed by atoms with Gasteiger partial charge in [-0.15, -0.1) is 0 Å². The van der Waals surface area contributed by atoms with E-state index in [0.29, 0.717) is 16.7 Å². The highest BCUT2D eigenvalue weighted by Gasteiger charge is 2.61. The molecule has 2 fully saturated rings. The van der Waals surface area contributed by atoms with Gasteiger partial charge in [-0.05, 0) is 54.8 Å². The number of carbonyl (C=O) groups excluding carboxylic acids is 1. The summed E-state index contributed by atoms with van der Waals surface area (Å²) in [6, 6.07) is 0.